The standard InChI is InChI=1S/C15H19F3N2O4S/c1-2-24-19-14(21)11-6-8-20(9-7-11)25(22,23)13-5-3-4-12(10-13)15(16,17)18/h3-5,10-11H,2,6-9H2,1H3,(H,19,21). The van der Waals surface area contributed by atoms with Gasteiger partial charge in [0.25, 0.3) is 0 Å². The molecular weight excluding hydrogens is 361 g/mol. The number of hydrogen-bond acceptors (Lipinski definition) is 4. The van der Waals surface area contributed by atoms with E-state index in [9.17, 15) is 26.4 Å². The lowest BCUT2D eigenvalue weighted by atomic mass is 9.98. The Bertz CT molecular complexity index is 714. The number of carbonyl (C=O) groups is 1. The fourth-order valence-corrected chi connectivity index (χ4v) is 4.08. The van der Waals surface area contributed by atoms with E-state index in [4.69, 9.17) is 4.84 Å². The van der Waals surface area contributed by atoms with Crippen molar-refractivity contribution in [2.24, 2.45) is 5.92 Å². The summed E-state index contributed by atoms with van der Waals surface area (Å²) in [5.41, 5.74) is 1.27. The zero-order chi connectivity index (χ0) is 18.7. The molecule has 1 aliphatic heterocycles. The Hall–Kier alpha value is -1.65. The Morgan fingerprint density at radius 1 is 1.32 bits per heavy atom. The third-order valence-corrected chi connectivity index (χ3v) is 5.84. The molecule has 1 saturated heterocycles. The maximum atomic E-state index is 12.8. The van der Waals surface area contributed by atoms with Crippen LogP contribution in [0.3, 0.4) is 0 Å². The third-order valence-electron chi connectivity index (χ3n) is 3.94. The Morgan fingerprint density at radius 3 is 2.52 bits per heavy atom. The molecule has 25 heavy (non-hydrogen) atoms. The zero-order valence-electron chi connectivity index (χ0n) is 13.5. The molecule has 0 unspecified atom stereocenters. The van der Waals surface area contributed by atoms with E-state index in [1.54, 1.807) is 6.92 Å². The van der Waals surface area contributed by atoms with Gasteiger partial charge in [-0.2, -0.15) is 17.5 Å². The summed E-state index contributed by atoms with van der Waals surface area (Å²) >= 11 is 0. The van der Waals surface area contributed by atoms with Gasteiger partial charge in [0.2, 0.25) is 15.9 Å². The first kappa shape index (κ1) is 19.7. The van der Waals surface area contributed by atoms with Crippen LogP contribution < -0.4 is 5.48 Å². The normalized spacial score (nSPS) is 17.4. The van der Waals surface area contributed by atoms with Crippen LogP contribution in [-0.2, 0) is 25.8 Å². The first-order chi connectivity index (χ1) is 11.7. The van der Waals surface area contributed by atoms with Crippen molar-refractivity contribution in [2.75, 3.05) is 19.7 Å². The highest BCUT2D eigenvalue weighted by Gasteiger charge is 2.35. The highest BCUT2D eigenvalue weighted by molar-refractivity contribution is 7.89. The third kappa shape index (κ3) is 4.71. The molecule has 0 saturated carbocycles. The molecule has 0 radical (unpaired) electrons. The Labute approximate surface area is 144 Å². The molecule has 0 spiro atoms. The molecule has 1 aromatic rings. The second-order valence-electron chi connectivity index (χ2n) is 5.60. The van der Waals surface area contributed by atoms with Crippen molar-refractivity contribution in [1.82, 2.24) is 9.79 Å². The molecular formula is C15H19F3N2O4S. The SMILES string of the molecule is CCONC(=O)C1CCN(S(=O)(=O)c2cccc(C(F)(F)F)c2)CC1. The van der Waals surface area contributed by atoms with E-state index < -0.39 is 26.7 Å². The predicted molar refractivity (Wildman–Crippen MR) is 82.7 cm³/mol. The minimum absolute atomic E-state index is 0.0583. The van der Waals surface area contributed by atoms with Crippen molar-refractivity contribution in [3.8, 4) is 0 Å². The lowest BCUT2D eigenvalue weighted by molar-refractivity contribution is -0.139. The van der Waals surface area contributed by atoms with Crippen LogP contribution in [-0.4, -0.2) is 38.3 Å². The minimum Gasteiger partial charge on any atom is -0.274 e. The monoisotopic (exact) mass is 380 g/mol. The number of nitrogens with one attached hydrogen (secondary N) is 1. The number of alkyl halides is 3. The van der Waals surface area contributed by atoms with Crippen LogP contribution in [0.2, 0.25) is 0 Å². The van der Waals surface area contributed by atoms with Crippen LogP contribution in [0.1, 0.15) is 25.3 Å². The van der Waals surface area contributed by atoms with Crippen molar-refractivity contribution in [1.29, 1.82) is 0 Å². The lowest BCUT2D eigenvalue weighted by Gasteiger charge is -2.30. The van der Waals surface area contributed by atoms with Gasteiger partial charge in [0.1, 0.15) is 0 Å². The van der Waals surface area contributed by atoms with Gasteiger partial charge in [0, 0.05) is 19.0 Å². The number of hydrogen-bond donors (Lipinski definition) is 1. The number of rotatable bonds is 5. The molecule has 10 heteroatoms. The van der Waals surface area contributed by atoms with Gasteiger partial charge >= 0.3 is 6.18 Å². The largest absolute Gasteiger partial charge is 0.416 e. The van der Waals surface area contributed by atoms with E-state index in [0.717, 1.165) is 22.5 Å². The topological polar surface area (TPSA) is 75.7 Å². The fraction of sp³-hybridized carbons (Fsp3) is 0.533. The summed E-state index contributed by atoms with van der Waals surface area (Å²) in [6.45, 7) is 2.14. The first-order valence-corrected chi connectivity index (χ1v) is 9.19. The molecule has 0 bridgehead atoms. The number of sulfonamides is 1. The minimum atomic E-state index is -4.62. The second kappa shape index (κ2) is 7.71. The fourth-order valence-electron chi connectivity index (χ4n) is 2.57. The molecule has 0 aliphatic carbocycles. The summed E-state index contributed by atoms with van der Waals surface area (Å²) in [5.74, 6) is -0.711. The number of hydroxylamine groups is 1. The first-order valence-electron chi connectivity index (χ1n) is 7.75. The van der Waals surface area contributed by atoms with Crippen LogP contribution >= 0.6 is 0 Å². The average Bonchev–Trinajstić information content (AvgIpc) is 2.59. The highest BCUT2D eigenvalue weighted by Crippen LogP contribution is 2.32. The van der Waals surface area contributed by atoms with Gasteiger partial charge in [-0.15, -0.1) is 0 Å². The van der Waals surface area contributed by atoms with Gasteiger partial charge in [-0.3, -0.25) is 9.63 Å². The predicted octanol–water partition coefficient (Wildman–Crippen LogP) is 2.17. The molecule has 1 aliphatic rings. The molecule has 2 rings (SSSR count). The number of piperidine rings is 1. The number of carbonyl (C=O) groups excluding carboxylic acids is 1. The number of benzene rings is 1. The average molecular weight is 380 g/mol. The van der Waals surface area contributed by atoms with E-state index in [-0.39, 0.29) is 37.8 Å². The summed E-state index contributed by atoms with van der Waals surface area (Å²) in [6, 6.07) is 3.66. The lowest BCUT2D eigenvalue weighted by Crippen LogP contribution is -2.43. The van der Waals surface area contributed by atoms with E-state index in [0.29, 0.717) is 12.7 Å². The van der Waals surface area contributed by atoms with Crippen molar-refractivity contribution in [2.45, 2.75) is 30.8 Å². The van der Waals surface area contributed by atoms with Crippen LogP contribution in [0, 0.1) is 5.92 Å². The summed E-state index contributed by atoms with van der Waals surface area (Å²) in [7, 11) is -4.04. The quantitative estimate of drug-likeness (QED) is 0.795. The van der Waals surface area contributed by atoms with Crippen LogP contribution in [0.4, 0.5) is 13.2 Å². The van der Waals surface area contributed by atoms with Gasteiger partial charge in [0.05, 0.1) is 17.1 Å². The molecule has 6 nitrogen and oxygen atoms in total. The second-order valence-corrected chi connectivity index (χ2v) is 7.54. The molecule has 1 amide bonds. The van der Waals surface area contributed by atoms with Gasteiger partial charge in [-0.1, -0.05) is 6.07 Å². The number of nitrogens with zero attached hydrogens (tertiary/aromatic N) is 1. The van der Waals surface area contributed by atoms with Gasteiger partial charge in [0.15, 0.2) is 0 Å². The van der Waals surface area contributed by atoms with Crippen LogP contribution in [0.15, 0.2) is 29.2 Å². The van der Waals surface area contributed by atoms with E-state index in [1.807, 2.05) is 0 Å². The van der Waals surface area contributed by atoms with Crippen molar-refractivity contribution in [3.05, 3.63) is 29.8 Å². The Morgan fingerprint density at radius 2 is 1.96 bits per heavy atom. The summed E-state index contributed by atoms with van der Waals surface area (Å²) in [4.78, 5) is 16.2. The van der Waals surface area contributed by atoms with Crippen LogP contribution in [0.25, 0.3) is 0 Å². The molecule has 140 valence electrons. The van der Waals surface area contributed by atoms with Crippen molar-refractivity contribution >= 4 is 15.9 Å². The van der Waals surface area contributed by atoms with Gasteiger partial charge in [-0.25, -0.2) is 13.9 Å². The molecule has 0 aromatic heterocycles. The highest BCUT2D eigenvalue weighted by atomic mass is 32.2. The molecule has 1 aromatic carbocycles. The van der Waals surface area contributed by atoms with E-state index >= 15 is 0 Å². The molecule has 1 fully saturated rings. The van der Waals surface area contributed by atoms with Gasteiger partial charge < -0.3 is 0 Å². The van der Waals surface area contributed by atoms with Crippen molar-refractivity contribution < 1.29 is 31.2 Å². The van der Waals surface area contributed by atoms with Crippen molar-refractivity contribution in [3.63, 3.8) is 0 Å². The van der Waals surface area contributed by atoms with Crippen LogP contribution in [0.5, 0.6) is 0 Å². The molecule has 0 atom stereocenters. The molecule has 1 N–H and O–H groups in total. The summed E-state index contributed by atoms with van der Waals surface area (Å²) in [5, 5.41) is 0. The maximum Gasteiger partial charge on any atom is 0.416 e. The molecule has 1 heterocycles. The number of amides is 1. The van der Waals surface area contributed by atoms with Gasteiger partial charge in [-0.05, 0) is 38.0 Å². The summed E-state index contributed by atoms with van der Waals surface area (Å²) in [6.07, 6.45) is -4.07. The smallest absolute Gasteiger partial charge is 0.274 e. The van der Waals surface area contributed by atoms with E-state index in [1.165, 1.54) is 0 Å². The van der Waals surface area contributed by atoms with E-state index in [2.05, 4.69) is 5.48 Å². The summed E-state index contributed by atoms with van der Waals surface area (Å²) < 4.78 is 64.5. The Kier molecular flexibility index (Phi) is 6.07. The Balaban J connectivity index is 2.08. The number of halogens is 3. The zero-order valence-corrected chi connectivity index (χ0v) is 14.4. The maximum absolute atomic E-state index is 12.8.